The molecule has 0 amide bonds. The first-order chi connectivity index (χ1) is 7.29. The third-order valence-corrected chi connectivity index (χ3v) is 3.64. The number of nitrogens with zero attached hydrogens (tertiary/aromatic N) is 3. The van der Waals surface area contributed by atoms with E-state index >= 15 is 0 Å². The Labute approximate surface area is 93.1 Å². The first-order valence-electron chi connectivity index (χ1n) is 4.84. The monoisotopic (exact) mass is 220 g/mol. The summed E-state index contributed by atoms with van der Waals surface area (Å²) in [6, 6.07) is 3.77. The summed E-state index contributed by atoms with van der Waals surface area (Å²) in [7, 11) is 0. The van der Waals surface area contributed by atoms with Crippen molar-refractivity contribution in [1.29, 1.82) is 5.26 Å². The van der Waals surface area contributed by atoms with Crippen LogP contribution in [-0.4, -0.2) is 21.8 Å². The largest absolute Gasteiger partial charge is 0.384 e. The van der Waals surface area contributed by atoms with Crippen LogP contribution in [0, 0.1) is 11.5 Å². The summed E-state index contributed by atoms with van der Waals surface area (Å²) < 4.78 is 0. The van der Waals surface area contributed by atoms with Crippen LogP contribution >= 0.6 is 11.8 Å². The Morgan fingerprint density at radius 1 is 1.67 bits per heavy atom. The van der Waals surface area contributed by atoms with Crippen LogP contribution in [0.3, 0.4) is 0 Å². The van der Waals surface area contributed by atoms with Crippen LogP contribution in [0.25, 0.3) is 0 Å². The summed E-state index contributed by atoms with van der Waals surface area (Å²) in [5.41, 5.74) is 5.60. The van der Waals surface area contributed by atoms with Gasteiger partial charge in [0, 0.05) is 17.6 Å². The normalized spacial score (nSPS) is 20.2. The molecule has 2 heterocycles. The third kappa shape index (κ3) is 2.34. The molecule has 1 aromatic rings. The van der Waals surface area contributed by atoms with Crippen LogP contribution < -0.4 is 5.73 Å². The molecule has 0 bridgehead atoms. The number of nitrogens with two attached hydrogens (primary N) is 1. The van der Waals surface area contributed by atoms with E-state index in [9.17, 15) is 0 Å². The lowest BCUT2D eigenvalue weighted by atomic mass is 10.4. The number of aromatic nitrogens is 1. The quantitative estimate of drug-likeness (QED) is 0.768. The lowest BCUT2D eigenvalue weighted by Crippen LogP contribution is -2.20. The first kappa shape index (κ1) is 10.1. The Hall–Kier alpha value is -1.41. The van der Waals surface area contributed by atoms with Gasteiger partial charge in [-0.15, -0.1) is 11.8 Å². The predicted octanol–water partition coefficient (Wildman–Crippen LogP) is 1.66. The molecule has 1 aliphatic rings. The minimum absolute atomic E-state index is 0.261. The van der Waals surface area contributed by atoms with Crippen molar-refractivity contribution in [3.63, 3.8) is 0 Å². The van der Waals surface area contributed by atoms with Crippen molar-refractivity contribution in [3.8, 4) is 6.19 Å². The van der Waals surface area contributed by atoms with Gasteiger partial charge in [0.25, 0.3) is 0 Å². The van der Waals surface area contributed by atoms with Gasteiger partial charge in [-0.1, -0.05) is 0 Å². The fourth-order valence-electron chi connectivity index (χ4n) is 1.63. The Morgan fingerprint density at radius 3 is 3.27 bits per heavy atom. The smallest absolute Gasteiger partial charge is 0.180 e. The summed E-state index contributed by atoms with van der Waals surface area (Å²) in [5.74, 6) is 0.529. The number of likely N-dealkylation sites (tertiary alicyclic amines) is 1. The van der Waals surface area contributed by atoms with Gasteiger partial charge in [-0.25, -0.2) is 4.98 Å². The Balaban J connectivity index is 2.06. The van der Waals surface area contributed by atoms with Crippen molar-refractivity contribution in [3.05, 3.63) is 18.3 Å². The molecule has 1 unspecified atom stereocenters. The molecule has 5 heteroatoms. The lowest BCUT2D eigenvalue weighted by Gasteiger charge is -2.17. The van der Waals surface area contributed by atoms with Gasteiger partial charge in [0.05, 0.1) is 5.37 Å². The first-order valence-corrected chi connectivity index (χ1v) is 5.72. The van der Waals surface area contributed by atoms with Gasteiger partial charge in [0.15, 0.2) is 6.19 Å². The number of hydrogen-bond donors (Lipinski definition) is 1. The van der Waals surface area contributed by atoms with E-state index in [0.29, 0.717) is 5.82 Å². The molecule has 15 heavy (non-hydrogen) atoms. The van der Waals surface area contributed by atoms with Crippen molar-refractivity contribution < 1.29 is 0 Å². The third-order valence-electron chi connectivity index (χ3n) is 2.35. The molecule has 0 spiro atoms. The zero-order valence-electron chi connectivity index (χ0n) is 8.26. The standard InChI is InChI=1S/C10H12N4S/c11-7-14-5-1-2-10(14)15-8-3-4-13-9(12)6-8/h3-4,6,10H,1-2,5H2,(H2,12,13). The fourth-order valence-corrected chi connectivity index (χ4v) is 2.84. The molecule has 0 radical (unpaired) electrons. The van der Waals surface area contributed by atoms with Gasteiger partial charge in [-0.2, -0.15) is 5.26 Å². The number of anilines is 1. The highest BCUT2D eigenvalue weighted by Crippen LogP contribution is 2.32. The molecule has 1 aromatic heterocycles. The van der Waals surface area contributed by atoms with E-state index in [2.05, 4.69) is 11.2 Å². The van der Waals surface area contributed by atoms with E-state index in [-0.39, 0.29) is 5.37 Å². The second-order valence-electron chi connectivity index (χ2n) is 3.42. The highest BCUT2D eigenvalue weighted by molar-refractivity contribution is 7.99. The lowest BCUT2D eigenvalue weighted by molar-refractivity contribution is 0.457. The zero-order valence-corrected chi connectivity index (χ0v) is 9.07. The highest BCUT2D eigenvalue weighted by Gasteiger charge is 2.24. The number of hydrogen-bond acceptors (Lipinski definition) is 5. The SMILES string of the molecule is N#CN1CCCC1Sc1ccnc(N)c1. The van der Waals surface area contributed by atoms with Crippen molar-refractivity contribution in [2.24, 2.45) is 0 Å². The fraction of sp³-hybridized carbons (Fsp3) is 0.400. The maximum absolute atomic E-state index is 8.89. The second kappa shape index (κ2) is 4.41. The van der Waals surface area contributed by atoms with E-state index < -0.39 is 0 Å². The molecular formula is C10H12N4S. The molecule has 0 aromatic carbocycles. The molecule has 78 valence electrons. The number of nitriles is 1. The van der Waals surface area contributed by atoms with Gasteiger partial charge in [-0.3, -0.25) is 4.90 Å². The summed E-state index contributed by atoms with van der Waals surface area (Å²) in [4.78, 5) is 6.84. The average Bonchev–Trinajstić information content (AvgIpc) is 2.65. The van der Waals surface area contributed by atoms with E-state index in [1.54, 1.807) is 18.0 Å². The zero-order chi connectivity index (χ0) is 10.7. The van der Waals surface area contributed by atoms with Crippen LogP contribution in [0.4, 0.5) is 5.82 Å². The molecule has 4 nitrogen and oxygen atoms in total. The molecule has 0 saturated carbocycles. The maximum Gasteiger partial charge on any atom is 0.180 e. The number of pyridine rings is 1. The molecule has 0 aliphatic carbocycles. The van der Waals surface area contributed by atoms with Crippen molar-refractivity contribution in [2.75, 3.05) is 12.3 Å². The summed E-state index contributed by atoms with van der Waals surface area (Å²) in [5, 5.41) is 9.16. The maximum atomic E-state index is 8.89. The average molecular weight is 220 g/mol. The van der Waals surface area contributed by atoms with E-state index in [0.717, 1.165) is 24.3 Å². The number of nitrogen functional groups attached to an aromatic ring is 1. The topological polar surface area (TPSA) is 65.9 Å². The summed E-state index contributed by atoms with van der Waals surface area (Å²) in [6.07, 6.45) is 6.06. The second-order valence-corrected chi connectivity index (χ2v) is 4.68. The van der Waals surface area contributed by atoms with Crippen LogP contribution in [0.2, 0.25) is 0 Å². The van der Waals surface area contributed by atoms with Crippen LogP contribution in [0.1, 0.15) is 12.8 Å². The molecule has 1 saturated heterocycles. The van der Waals surface area contributed by atoms with Crippen LogP contribution in [0.5, 0.6) is 0 Å². The Bertz CT molecular complexity index is 387. The van der Waals surface area contributed by atoms with Crippen LogP contribution in [-0.2, 0) is 0 Å². The predicted molar refractivity (Wildman–Crippen MR) is 59.8 cm³/mol. The van der Waals surface area contributed by atoms with Gasteiger partial charge in [0.2, 0.25) is 0 Å². The minimum atomic E-state index is 0.261. The molecule has 2 N–H and O–H groups in total. The molecule has 2 rings (SSSR count). The van der Waals surface area contributed by atoms with Crippen molar-refractivity contribution in [2.45, 2.75) is 23.1 Å². The van der Waals surface area contributed by atoms with Crippen molar-refractivity contribution >= 4 is 17.6 Å². The van der Waals surface area contributed by atoms with Gasteiger partial charge in [0.1, 0.15) is 5.82 Å². The molecule has 1 atom stereocenters. The van der Waals surface area contributed by atoms with E-state index in [1.807, 2.05) is 17.0 Å². The molecule has 1 fully saturated rings. The van der Waals surface area contributed by atoms with Gasteiger partial charge >= 0.3 is 0 Å². The molecule has 1 aliphatic heterocycles. The summed E-state index contributed by atoms with van der Waals surface area (Å²) >= 11 is 1.68. The Morgan fingerprint density at radius 2 is 2.53 bits per heavy atom. The van der Waals surface area contributed by atoms with E-state index in [4.69, 9.17) is 11.0 Å². The minimum Gasteiger partial charge on any atom is -0.384 e. The van der Waals surface area contributed by atoms with Crippen molar-refractivity contribution in [1.82, 2.24) is 9.88 Å². The van der Waals surface area contributed by atoms with Gasteiger partial charge in [-0.05, 0) is 25.0 Å². The van der Waals surface area contributed by atoms with E-state index in [1.165, 1.54) is 0 Å². The number of thioether (sulfide) groups is 1. The Kier molecular flexibility index (Phi) is 2.97. The van der Waals surface area contributed by atoms with Gasteiger partial charge < -0.3 is 5.73 Å². The van der Waals surface area contributed by atoms with Crippen LogP contribution in [0.15, 0.2) is 23.2 Å². The highest BCUT2D eigenvalue weighted by atomic mass is 32.2. The summed E-state index contributed by atoms with van der Waals surface area (Å²) in [6.45, 7) is 0.870. The molecular weight excluding hydrogens is 208 g/mol. The number of rotatable bonds is 2.